The molecule has 0 amide bonds. The van der Waals surface area contributed by atoms with Crippen LogP contribution in [0.1, 0.15) is 64.6 Å². The molecule has 1 rings (SSSR count). The van der Waals surface area contributed by atoms with Gasteiger partial charge in [-0.25, -0.2) is 0 Å². The molecule has 1 unspecified atom stereocenters. The Labute approximate surface area is 116 Å². The van der Waals surface area contributed by atoms with Gasteiger partial charge in [-0.1, -0.05) is 51.6 Å². The van der Waals surface area contributed by atoms with Crippen LogP contribution in [0.4, 0.5) is 0 Å². The predicted octanol–water partition coefficient (Wildman–Crippen LogP) is 4.18. The second kappa shape index (κ2) is 8.54. The van der Waals surface area contributed by atoms with Crippen LogP contribution in [0.2, 0.25) is 5.02 Å². The molecule has 1 heterocycles. The van der Waals surface area contributed by atoms with Crippen LogP contribution in [-0.4, -0.2) is 16.3 Å². The monoisotopic (exact) mass is 271 g/mol. The first-order valence-electron chi connectivity index (χ1n) is 7.19. The third-order valence-corrected chi connectivity index (χ3v) is 3.44. The molecule has 3 nitrogen and oxygen atoms in total. The molecule has 0 saturated carbocycles. The van der Waals surface area contributed by atoms with Gasteiger partial charge in [-0.2, -0.15) is 5.10 Å². The Bertz CT molecular complexity index is 336. The summed E-state index contributed by atoms with van der Waals surface area (Å²) in [6, 6.07) is 0.336. The first-order chi connectivity index (χ1) is 8.74. The molecule has 0 saturated heterocycles. The molecule has 4 heteroatoms. The van der Waals surface area contributed by atoms with Crippen LogP contribution in [-0.2, 0) is 6.54 Å². The molecule has 0 bridgehead atoms. The van der Waals surface area contributed by atoms with Crippen molar-refractivity contribution in [3.8, 4) is 0 Å². The first kappa shape index (κ1) is 15.5. The van der Waals surface area contributed by atoms with Crippen molar-refractivity contribution < 1.29 is 0 Å². The highest BCUT2D eigenvalue weighted by molar-refractivity contribution is 6.31. The van der Waals surface area contributed by atoms with Gasteiger partial charge in [-0.3, -0.25) is 4.68 Å². The number of nitrogens with one attached hydrogen (secondary N) is 1. The minimum absolute atomic E-state index is 0.336. The van der Waals surface area contributed by atoms with Gasteiger partial charge in [0.15, 0.2) is 0 Å². The van der Waals surface area contributed by atoms with Crippen molar-refractivity contribution in [2.75, 3.05) is 6.54 Å². The van der Waals surface area contributed by atoms with Gasteiger partial charge in [-0.05, 0) is 19.4 Å². The summed E-state index contributed by atoms with van der Waals surface area (Å²) in [7, 11) is 0. The summed E-state index contributed by atoms with van der Waals surface area (Å²) in [5.41, 5.74) is 1.16. The molecule has 1 aromatic heterocycles. The van der Waals surface area contributed by atoms with Crippen LogP contribution in [0, 0.1) is 0 Å². The number of nitrogens with zero attached hydrogens (tertiary/aromatic N) is 2. The van der Waals surface area contributed by atoms with Crippen LogP contribution in [0.15, 0.2) is 6.20 Å². The van der Waals surface area contributed by atoms with Crippen molar-refractivity contribution in [1.82, 2.24) is 15.1 Å². The highest BCUT2D eigenvalue weighted by atomic mass is 35.5. The number of unbranched alkanes of at least 4 members (excludes halogenated alkanes) is 2. The van der Waals surface area contributed by atoms with E-state index in [4.69, 9.17) is 11.6 Å². The third kappa shape index (κ3) is 4.29. The second-order valence-electron chi connectivity index (χ2n) is 4.71. The molecule has 0 fully saturated rings. The minimum atomic E-state index is 0.336. The Morgan fingerprint density at radius 1 is 1.28 bits per heavy atom. The van der Waals surface area contributed by atoms with E-state index in [2.05, 4.69) is 35.9 Å². The highest BCUT2D eigenvalue weighted by Crippen LogP contribution is 2.27. The summed E-state index contributed by atoms with van der Waals surface area (Å²) < 4.78 is 2.06. The maximum atomic E-state index is 6.30. The molecule has 104 valence electrons. The normalized spacial score (nSPS) is 12.9. The van der Waals surface area contributed by atoms with Crippen molar-refractivity contribution in [2.24, 2.45) is 0 Å². The summed E-state index contributed by atoms with van der Waals surface area (Å²) in [6.07, 6.45) is 7.76. The number of hydrogen-bond acceptors (Lipinski definition) is 2. The van der Waals surface area contributed by atoms with Crippen LogP contribution in [0.5, 0.6) is 0 Å². The quantitative estimate of drug-likeness (QED) is 0.683. The molecule has 0 aliphatic rings. The molecule has 1 atom stereocenters. The topological polar surface area (TPSA) is 29.9 Å². The van der Waals surface area contributed by atoms with Gasteiger partial charge in [-0.15, -0.1) is 0 Å². The van der Waals surface area contributed by atoms with E-state index in [9.17, 15) is 0 Å². The number of halogens is 1. The Hall–Kier alpha value is -0.540. The van der Waals surface area contributed by atoms with E-state index in [1.807, 2.05) is 0 Å². The highest BCUT2D eigenvalue weighted by Gasteiger charge is 2.18. The Kier molecular flexibility index (Phi) is 7.36. The van der Waals surface area contributed by atoms with Crippen LogP contribution in [0.25, 0.3) is 0 Å². The molecule has 1 aromatic rings. The van der Waals surface area contributed by atoms with E-state index >= 15 is 0 Å². The van der Waals surface area contributed by atoms with E-state index < -0.39 is 0 Å². The molecule has 18 heavy (non-hydrogen) atoms. The van der Waals surface area contributed by atoms with E-state index in [1.165, 1.54) is 19.3 Å². The van der Waals surface area contributed by atoms with Crippen molar-refractivity contribution in [2.45, 2.75) is 65.5 Å². The van der Waals surface area contributed by atoms with Gasteiger partial charge in [0.25, 0.3) is 0 Å². The SMILES string of the molecule is CCCCCC(NCC)c1c(Cl)cnn1CCC. The smallest absolute Gasteiger partial charge is 0.0834 e. The van der Waals surface area contributed by atoms with Gasteiger partial charge in [0.2, 0.25) is 0 Å². The molecule has 0 aliphatic carbocycles. The van der Waals surface area contributed by atoms with Gasteiger partial charge in [0.05, 0.1) is 23.0 Å². The first-order valence-corrected chi connectivity index (χ1v) is 7.56. The van der Waals surface area contributed by atoms with Crippen LogP contribution < -0.4 is 5.32 Å². The maximum Gasteiger partial charge on any atom is 0.0834 e. The van der Waals surface area contributed by atoms with Crippen molar-refractivity contribution in [3.05, 3.63) is 16.9 Å². The van der Waals surface area contributed by atoms with E-state index in [0.717, 1.165) is 36.6 Å². The average Bonchev–Trinajstić information content (AvgIpc) is 2.70. The number of rotatable bonds is 9. The number of aryl methyl sites for hydroxylation is 1. The summed E-state index contributed by atoms with van der Waals surface area (Å²) in [6.45, 7) is 8.44. The lowest BCUT2D eigenvalue weighted by atomic mass is 10.1. The van der Waals surface area contributed by atoms with E-state index in [-0.39, 0.29) is 0 Å². The standard InChI is InChI=1S/C14H26ClN3/c1-4-7-8-9-13(16-6-3)14-12(15)11-17-18(14)10-5-2/h11,13,16H,4-10H2,1-3H3. The fraction of sp³-hybridized carbons (Fsp3) is 0.786. The average molecular weight is 272 g/mol. The maximum absolute atomic E-state index is 6.30. The zero-order chi connectivity index (χ0) is 13.4. The van der Waals surface area contributed by atoms with Crippen LogP contribution >= 0.6 is 11.6 Å². The molecule has 0 aliphatic heterocycles. The second-order valence-corrected chi connectivity index (χ2v) is 5.11. The third-order valence-electron chi connectivity index (χ3n) is 3.15. The molecule has 0 radical (unpaired) electrons. The van der Waals surface area contributed by atoms with Gasteiger partial charge < -0.3 is 5.32 Å². The fourth-order valence-electron chi connectivity index (χ4n) is 2.29. The fourth-order valence-corrected chi connectivity index (χ4v) is 2.56. The van der Waals surface area contributed by atoms with E-state index in [1.54, 1.807) is 6.20 Å². The summed E-state index contributed by atoms with van der Waals surface area (Å²) >= 11 is 6.30. The molecule has 1 N–H and O–H groups in total. The zero-order valence-corrected chi connectivity index (χ0v) is 12.6. The largest absolute Gasteiger partial charge is 0.309 e. The molecule has 0 spiro atoms. The van der Waals surface area contributed by atoms with Crippen molar-refractivity contribution in [1.29, 1.82) is 0 Å². The summed E-state index contributed by atoms with van der Waals surface area (Å²) in [4.78, 5) is 0. The summed E-state index contributed by atoms with van der Waals surface area (Å²) in [5, 5.41) is 8.72. The zero-order valence-electron chi connectivity index (χ0n) is 11.9. The Morgan fingerprint density at radius 3 is 2.67 bits per heavy atom. The lowest BCUT2D eigenvalue weighted by Gasteiger charge is -2.20. The molecular weight excluding hydrogens is 246 g/mol. The number of aromatic nitrogens is 2. The molecule has 0 aromatic carbocycles. The van der Waals surface area contributed by atoms with E-state index in [0.29, 0.717) is 6.04 Å². The Morgan fingerprint density at radius 2 is 2.06 bits per heavy atom. The van der Waals surface area contributed by atoms with Gasteiger partial charge >= 0.3 is 0 Å². The van der Waals surface area contributed by atoms with Crippen LogP contribution in [0.3, 0.4) is 0 Å². The molecular formula is C14H26ClN3. The predicted molar refractivity (Wildman–Crippen MR) is 78.1 cm³/mol. The Balaban J connectivity index is 2.79. The van der Waals surface area contributed by atoms with Crippen molar-refractivity contribution >= 4 is 11.6 Å². The lowest BCUT2D eigenvalue weighted by molar-refractivity contribution is 0.441. The minimum Gasteiger partial charge on any atom is -0.309 e. The van der Waals surface area contributed by atoms with Gasteiger partial charge in [0, 0.05) is 6.54 Å². The summed E-state index contributed by atoms with van der Waals surface area (Å²) in [5.74, 6) is 0. The van der Waals surface area contributed by atoms with Crippen molar-refractivity contribution in [3.63, 3.8) is 0 Å². The number of hydrogen-bond donors (Lipinski definition) is 1. The lowest BCUT2D eigenvalue weighted by Crippen LogP contribution is -2.24. The van der Waals surface area contributed by atoms with Gasteiger partial charge in [0.1, 0.15) is 0 Å².